The molecule has 2 aromatic heterocycles. The quantitative estimate of drug-likeness (QED) is 0.883. The molecule has 0 bridgehead atoms. The molecule has 0 aliphatic heterocycles. The van der Waals surface area contributed by atoms with Crippen LogP contribution in [0.4, 0.5) is 0 Å². The van der Waals surface area contributed by atoms with Crippen molar-refractivity contribution in [1.82, 2.24) is 9.88 Å². The number of hydrogen-bond donors (Lipinski definition) is 1. The van der Waals surface area contributed by atoms with Gasteiger partial charge in [-0.2, -0.15) is 0 Å². The molecule has 2 N–H and O–H groups in total. The Labute approximate surface area is 125 Å². The minimum atomic E-state index is 0.116. The summed E-state index contributed by atoms with van der Waals surface area (Å²) in [5.74, 6) is 0. The lowest BCUT2D eigenvalue weighted by Gasteiger charge is -2.36. The molecule has 3 atom stereocenters. The molecule has 20 heavy (non-hydrogen) atoms. The molecular weight excluding hydrogens is 266 g/mol. The van der Waals surface area contributed by atoms with Crippen molar-refractivity contribution in [3.63, 3.8) is 0 Å². The van der Waals surface area contributed by atoms with Gasteiger partial charge in [0.1, 0.15) is 0 Å². The highest BCUT2D eigenvalue weighted by molar-refractivity contribution is 7.10. The van der Waals surface area contributed by atoms with Crippen LogP contribution in [-0.2, 0) is 0 Å². The van der Waals surface area contributed by atoms with E-state index in [1.165, 1.54) is 10.4 Å². The van der Waals surface area contributed by atoms with Crippen molar-refractivity contribution in [3.8, 4) is 0 Å². The number of nitrogens with zero attached hydrogens (tertiary/aromatic N) is 2. The average Bonchev–Trinajstić information content (AvgIpc) is 3.01. The van der Waals surface area contributed by atoms with Crippen molar-refractivity contribution in [3.05, 3.63) is 52.5 Å². The topological polar surface area (TPSA) is 42.1 Å². The van der Waals surface area contributed by atoms with Gasteiger partial charge in [0.05, 0.1) is 6.04 Å². The molecule has 0 spiro atoms. The maximum Gasteiger partial charge on any atom is 0.0503 e. The molecule has 0 saturated heterocycles. The first-order valence-electron chi connectivity index (χ1n) is 7.06. The monoisotopic (exact) mass is 289 g/mol. The third-order valence-electron chi connectivity index (χ3n) is 3.93. The van der Waals surface area contributed by atoms with Crippen molar-refractivity contribution in [2.45, 2.75) is 38.4 Å². The van der Waals surface area contributed by atoms with Gasteiger partial charge in [-0.1, -0.05) is 13.0 Å². The summed E-state index contributed by atoms with van der Waals surface area (Å²) in [6.07, 6.45) is 4.64. The fraction of sp³-hybridized carbons (Fsp3) is 0.438. The zero-order valence-electron chi connectivity index (χ0n) is 12.4. The Morgan fingerprint density at radius 3 is 2.55 bits per heavy atom. The smallest absolute Gasteiger partial charge is 0.0503 e. The van der Waals surface area contributed by atoms with Gasteiger partial charge >= 0.3 is 0 Å². The summed E-state index contributed by atoms with van der Waals surface area (Å²) < 4.78 is 0. The van der Waals surface area contributed by atoms with Gasteiger partial charge in [-0.15, -0.1) is 11.3 Å². The molecule has 4 heteroatoms. The molecule has 0 saturated carbocycles. The van der Waals surface area contributed by atoms with E-state index in [0.717, 1.165) is 6.42 Å². The van der Waals surface area contributed by atoms with Gasteiger partial charge in [0.2, 0.25) is 0 Å². The SMILES string of the molecule is CCC(N)C(c1ccncc1)N(C)C(C)c1cccs1. The highest BCUT2D eigenvalue weighted by Gasteiger charge is 2.27. The summed E-state index contributed by atoms with van der Waals surface area (Å²) in [6, 6.07) is 9.10. The standard InChI is InChI=1S/C16H23N3S/c1-4-14(17)16(13-7-9-18-10-8-13)19(3)12(2)15-6-5-11-20-15/h5-12,14,16H,4,17H2,1-3H3. The van der Waals surface area contributed by atoms with Crippen LogP contribution in [0.2, 0.25) is 0 Å². The lowest BCUT2D eigenvalue weighted by Crippen LogP contribution is -2.39. The molecule has 108 valence electrons. The zero-order chi connectivity index (χ0) is 14.5. The second-order valence-electron chi connectivity index (χ2n) is 5.15. The van der Waals surface area contributed by atoms with Crippen LogP contribution in [0, 0.1) is 0 Å². The van der Waals surface area contributed by atoms with Gasteiger partial charge in [-0.25, -0.2) is 0 Å². The number of hydrogen-bond acceptors (Lipinski definition) is 4. The number of likely N-dealkylation sites (N-methyl/N-ethyl adjacent to an activating group) is 1. The Morgan fingerprint density at radius 2 is 2.00 bits per heavy atom. The van der Waals surface area contributed by atoms with Crippen LogP contribution in [0.5, 0.6) is 0 Å². The summed E-state index contributed by atoms with van der Waals surface area (Å²) in [4.78, 5) is 7.85. The summed E-state index contributed by atoms with van der Waals surface area (Å²) >= 11 is 1.80. The molecule has 2 heterocycles. The van der Waals surface area contributed by atoms with Gasteiger partial charge in [0.25, 0.3) is 0 Å². The largest absolute Gasteiger partial charge is 0.326 e. The molecule has 3 unspecified atom stereocenters. The van der Waals surface area contributed by atoms with E-state index in [1.807, 2.05) is 12.4 Å². The Morgan fingerprint density at radius 1 is 1.30 bits per heavy atom. The highest BCUT2D eigenvalue weighted by atomic mass is 32.1. The summed E-state index contributed by atoms with van der Waals surface area (Å²) in [7, 11) is 2.16. The van der Waals surface area contributed by atoms with Crippen molar-refractivity contribution in [2.24, 2.45) is 5.73 Å². The zero-order valence-corrected chi connectivity index (χ0v) is 13.2. The second kappa shape index (κ2) is 6.97. The van der Waals surface area contributed by atoms with Crippen LogP contribution in [0.1, 0.15) is 42.8 Å². The van der Waals surface area contributed by atoms with Crippen LogP contribution < -0.4 is 5.73 Å². The van der Waals surface area contributed by atoms with Crippen molar-refractivity contribution in [2.75, 3.05) is 7.05 Å². The van der Waals surface area contributed by atoms with Gasteiger partial charge < -0.3 is 5.73 Å². The normalized spacial score (nSPS) is 16.1. The molecular formula is C16H23N3S. The number of nitrogens with two attached hydrogens (primary N) is 1. The molecule has 3 nitrogen and oxygen atoms in total. The van der Waals surface area contributed by atoms with Crippen LogP contribution in [0.3, 0.4) is 0 Å². The first-order valence-corrected chi connectivity index (χ1v) is 7.94. The first kappa shape index (κ1) is 15.2. The minimum absolute atomic E-state index is 0.116. The number of aromatic nitrogens is 1. The second-order valence-corrected chi connectivity index (χ2v) is 6.13. The third-order valence-corrected chi connectivity index (χ3v) is 4.97. The van der Waals surface area contributed by atoms with Crippen LogP contribution in [0.25, 0.3) is 0 Å². The van der Waals surface area contributed by atoms with Gasteiger partial charge in [-0.05, 0) is 49.5 Å². The fourth-order valence-electron chi connectivity index (χ4n) is 2.54. The van der Waals surface area contributed by atoms with Crippen LogP contribution in [0.15, 0.2) is 42.0 Å². The van der Waals surface area contributed by atoms with Crippen molar-refractivity contribution < 1.29 is 0 Å². The Balaban J connectivity index is 2.27. The fourth-order valence-corrected chi connectivity index (χ4v) is 3.37. The molecule has 2 aromatic rings. The van der Waals surface area contributed by atoms with Crippen LogP contribution in [-0.4, -0.2) is 23.0 Å². The summed E-state index contributed by atoms with van der Waals surface area (Å²) in [5, 5.41) is 2.13. The van der Waals surface area contributed by atoms with Gasteiger partial charge in [-0.3, -0.25) is 9.88 Å². The minimum Gasteiger partial charge on any atom is -0.326 e. The van der Waals surface area contributed by atoms with E-state index >= 15 is 0 Å². The predicted molar refractivity (Wildman–Crippen MR) is 85.7 cm³/mol. The van der Waals surface area contributed by atoms with Crippen LogP contribution >= 0.6 is 11.3 Å². The number of rotatable bonds is 6. The molecule has 0 amide bonds. The summed E-state index contributed by atoms with van der Waals surface area (Å²) in [6.45, 7) is 4.38. The number of thiophene rings is 1. The van der Waals surface area contributed by atoms with Gasteiger partial charge in [0.15, 0.2) is 0 Å². The maximum atomic E-state index is 6.38. The number of pyridine rings is 1. The molecule has 0 radical (unpaired) electrons. The van der Waals surface area contributed by atoms with E-state index < -0.39 is 0 Å². The molecule has 0 fully saturated rings. The van der Waals surface area contributed by atoms with E-state index in [0.29, 0.717) is 6.04 Å². The molecule has 0 aliphatic rings. The van der Waals surface area contributed by atoms with E-state index in [9.17, 15) is 0 Å². The van der Waals surface area contributed by atoms with E-state index in [2.05, 4.69) is 60.4 Å². The average molecular weight is 289 g/mol. The van der Waals surface area contributed by atoms with Crippen molar-refractivity contribution >= 4 is 11.3 Å². The Kier molecular flexibility index (Phi) is 5.29. The predicted octanol–water partition coefficient (Wildman–Crippen LogP) is 3.61. The molecule has 0 aliphatic carbocycles. The lowest BCUT2D eigenvalue weighted by molar-refractivity contribution is 0.161. The Hall–Kier alpha value is -1.23. The molecule has 0 aromatic carbocycles. The third kappa shape index (κ3) is 3.26. The first-order chi connectivity index (χ1) is 9.65. The summed E-state index contributed by atoms with van der Waals surface area (Å²) in [5.41, 5.74) is 7.62. The molecule has 2 rings (SSSR count). The maximum absolute atomic E-state index is 6.38. The van der Waals surface area contributed by atoms with E-state index in [4.69, 9.17) is 5.73 Å². The highest BCUT2D eigenvalue weighted by Crippen LogP contribution is 2.32. The van der Waals surface area contributed by atoms with E-state index in [1.54, 1.807) is 11.3 Å². The van der Waals surface area contributed by atoms with Gasteiger partial charge in [0, 0.05) is 29.4 Å². The van der Waals surface area contributed by atoms with Crippen molar-refractivity contribution in [1.29, 1.82) is 0 Å². The van der Waals surface area contributed by atoms with E-state index in [-0.39, 0.29) is 12.1 Å². The Bertz CT molecular complexity index is 498. The lowest BCUT2D eigenvalue weighted by atomic mass is 9.96.